The maximum Gasteiger partial charge on any atom is 0.327 e. The molecule has 0 fully saturated rings. The molecule has 0 unspecified atom stereocenters. The predicted octanol–water partition coefficient (Wildman–Crippen LogP) is 5.81. The Morgan fingerprint density at radius 2 is 1.12 bits per heavy atom. The first-order valence-electron chi connectivity index (χ1n) is 14.8. The first-order valence-corrected chi connectivity index (χ1v) is 17.2. The zero-order chi connectivity index (χ0) is 30.6. The third-order valence-electron chi connectivity index (χ3n) is 6.58. The number of carboxylic acid groups (broad SMARTS) is 1. The van der Waals surface area contributed by atoms with Gasteiger partial charge in [0.2, 0.25) is 17.7 Å². The van der Waals surface area contributed by atoms with Crippen molar-refractivity contribution in [3.8, 4) is 0 Å². The lowest BCUT2D eigenvalue weighted by atomic mass is 10.1. The van der Waals surface area contributed by atoms with E-state index < -0.39 is 18.1 Å². The van der Waals surface area contributed by atoms with Crippen LogP contribution in [0.25, 0.3) is 0 Å². The number of carbonyl (C=O) groups excluding carboxylic acids is 3. The second-order valence-electron chi connectivity index (χ2n) is 10.2. The monoisotopic (exact) mass is 615 g/mol. The third kappa shape index (κ3) is 14.3. The van der Waals surface area contributed by atoms with Crippen LogP contribution in [0, 0.1) is 0 Å². The number of rotatable bonds is 21. The maximum atomic E-state index is 14.0. The lowest BCUT2D eigenvalue weighted by Crippen LogP contribution is -2.49. The number of hydrogen-bond donors (Lipinski definition) is 3. The molecule has 0 spiro atoms. The summed E-state index contributed by atoms with van der Waals surface area (Å²) in [7, 11) is 2.60. The summed E-state index contributed by atoms with van der Waals surface area (Å²) in [4.78, 5) is 52.5. The minimum absolute atomic E-state index is 0.141. The molecule has 0 heterocycles. The lowest BCUT2D eigenvalue weighted by Gasteiger charge is -2.28. The zero-order valence-electron chi connectivity index (χ0n) is 24.8. The molecule has 2 rings (SSSR count). The van der Waals surface area contributed by atoms with E-state index in [0.29, 0.717) is 25.9 Å². The molecule has 0 radical (unpaired) electrons. The minimum atomic E-state index is -1.10. The number of carboxylic acids is 1. The quantitative estimate of drug-likeness (QED) is 0.120. The van der Waals surface area contributed by atoms with E-state index in [1.807, 2.05) is 67.6 Å². The molecule has 230 valence electrons. The Balaban J connectivity index is 2.11. The summed E-state index contributed by atoms with van der Waals surface area (Å²) >= 11 is 0. The Kier molecular flexibility index (Phi) is 17.5. The van der Waals surface area contributed by atoms with Crippen molar-refractivity contribution in [3.63, 3.8) is 0 Å². The molecule has 0 aliphatic rings. The molecular formula is C32H45N3O5S2. The van der Waals surface area contributed by atoms with E-state index in [1.165, 1.54) is 21.6 Å². The van der Waals surface area contributed by atoms with Crippen molar-refractivity contribution >= 4 is 45.3 Å². The Labute approximate surface area is 258 Å². The first kappa shape index (κ1) is 35.2. The first-order chi connectivity index (χ1) is 20.3. The average molecular weight is 616 g/mol. The number of amides is 3. The van der Waals surface area contributed by atoms with Crippen molar-refractivity contribution in [1.29, 1.82) is 0 Å². The molecule has 8 nitrogen and oxygen atoms in total. The van der Waals surface area contributed by atoms with Crippen LogP contribution in [0.2, 0.25) is 0 Å². The van der Waals surface area contributed by atoms with Crippen LogP contribution >= 0.6 is 21.6 Å². The SMILES string of the molecule is CCCCCC(=O)N[C@@H](CSSC[C@H](NC(=O)CCCCC)C(=O)N(Cc1ccccc1)Cc1ccccc1)C(=O)O. The number of nitrogens with zero attached hydrogens (tertiary/aromatic N) is 1. The number of unbranched alkanes of at least 4 members (excludes halogenated alkanes) is 4. The van der Waals surface area contributed by atoms with Crippen molar-refractivity contribution in [2.24, 2.45) is 0 Å². The van der Waals surface area contributed by atoms with Crippen LogP contribution in [0.4, 0.5) is 0 Å². The van der Waals surface area contributed by atoms with Crippen LogP contribution in [0.3, 0.4) is 0 Å². The van der Waals surface area contributed by atoms with Gasteiger partial charge in [-0.1, -0.05) is 122 Å². The number of nitrogens with one attached hydrogen (secondary N) is 2. The van der Waals surface area contributed by atoms with Crippen LogP contribution in [0.1, 0.15) is 76.3 Å². The number of hydrogen-bond acceptors (Lipinski definition) is 6. The fraction of sp³-hybridized carbons (Fsp3) is 0.500. The molecule has 3 amide bonds. The molecule has 3 N–H and O–H groups in total. The van der Waals surface area contributed by atoms with Crippen molar-refractivity contribution in [2.75, 3.05) is 11.5 Å². The highest BCUT2D eigenvalue weighted by molar-refractivity contribution is 8.76. The van der Waals surface area contributed by atoms with E-state index in [4.69, 9.17) is 0 Å². The Morgan fingerprint density at radius 3 is 1.55 bits per heavy atom. The summed E-state index contributed by atoms with van der Waals surface area (Å²) in [5, 5.41) is 15.2. The highest BCUT2D eigenvalue weighted by atomic mass is 33.1. The van der Waals surface area contributed by atoms with Gasteiger partial charge in [-0.05, 0) is 24.0 Å². The Hall–Kier alpha value is -2.98. The van der Waals surface area contributed by atoms with Gasteiger partial charge >= 0.3 is 5.97 Å². The van der Waals surface area contributed by atoms with Gasteiger partial charge in [0, 0.05) is 37.4 Å². The predicted molar refractivity (Wildman–Crippen MR) is 172 cm³/mol. The van der Waals surface area contributed by atoms with E-state index in [-0.39, 0.29) is 29.2 Å². The van der Waals surface area contributed by atoms with E-state index in [9.17, 15) is 24.3 Å². The molecule has 2 aromatic rings. The Bertz CT molecular complexity index is 1050. The maximum absolute atomic E-state index is 14.0. The van der Waals surface area contributed by atoms with Crippen molar-refractivity contribution in [3.05, 3.63) is 71.8 Å². The second-order valence-corrected chi connectivity index (χ2v) is 12.8. The zero-order valence-corrected chi connectivity index (χ0v) is 26.4. The molecule has 0 saturated carbocycles. The molecule has 0 aromatic heterocycles. The van der Waals surface area contributed by atoms with Crippen molar-refractivity contribution in [2.45, 2.75) is 90.4 Å². The van der Waals surface area contributed by atoms with Gasteiger partial charge in [0.15, 0.2) is 0 Å². The van der Waals surface area contributed by atoms with Crippen LogP contribution in [0.15, 0.2) is 60.7 Å². The number of aliphatic carboxylic acids is 1. The van der Waals surface area contributed by atoms with Crippen LogP contribution < -0.4 is 10.6 Å². The number of benzene rings is 2. The molecule has 0 saturated heterocycles. The molecule has 0 aliphatic carbocycles. The van der Waals surface area contributed by atoms with Crippen LogP contribution in [-0.4, -0.2) is 57.3 Å². The van der Waals surface area contributed by atoms with Gasteiger partial charge in [-0.25, -0.2) is 4.79 Å². The fourth-order valence-electron chi connectivity index (χ4n) is 4.23. The highest BCUT2D eigenvalue weighted by Gasteiger charge is 2.27. The molecule has 2 aromatic carbocycles. The summed E-state index contributed by atoms with van der Waals surface area (Å²) < 4.78 is 0. The second kappa shape index (κ2) is 20.8. The third-order valence-corrected chi connectivity index (χ3v) is 9.00. The fourth-order valence-corrected chi connectivity index (χ4v) is 6.54. The normalized spacial score (nSPS) is 12.2. The topological polar surface area (TPSA) is 116 Å². The van der Waals surface area contributed by atoms with Crippen molar-refractivity contribution < 1.29 is 24.3 Å². The molecule has 0 bridgehead atoms. The van der Waals surface area contributed by atoms with Gasteiger partial charge in [0.05, 0.1) is 0 Å². The van der Waals surface area contributed by atoms with E-state index in [0.717, 1.165) is 49.7 Å². The Morgan fingerprint density at radius 1 is 0.690 bits per heavy atom. The molecule has 42 heavy (non-hydrogen) atoms. The summed E-state index contributed by atoms with van der Waals surface area (Å²) in [5.41, 5.74) is 1.96. The summed E-state index contributed by atoms with van der Waals surface area (Å²) in [6, 6.07) is 17.7. The van der Waals surface area contributed by atoms with E-state index >= 15 is 0 Å². The van der Waals surface area contributed by atoms with Gasteiger partial charge < -0.3 is 20.6 Å². The summed E-state index contributed by atoms with van der Waals surface area (Å²) in [5.74, 6) is -1.33. The van der Waals surface area contributed by atoms with E-state index in [1.54, 1.807) is 4.90 Å². The molecule has 0 aliphatic heterocycles. The van der Waals surface area contributed by atoms with Crippen LogP contribution in [-0.2, 0) is 32.3 Å². The van der Waals surface area contributed by atoms with Gasteiger partial charge in [-0.3, -0.25) is 14.4 Å². The largest absolute Gasteiger partial charge is 0.480 e. The molecule has 2 atom stereocenters. The van der Waals surface area contributed by atoms with Gasteiger partial charge in [0.1, 0.15) is 12.1 Å². The van der Waals surface area contributed by atoms with Gasteiger partial charge in [0.25, 0.3) is 0 Å². The van der Waals surface area contributed by atoms with Gasteiger partial charge in [-0.15, -0.1) is 0 Å². The standard InChI is InChI=1S/C32H45N3O5S2/c1-3-5-9-19-29(36)33-27(23-41-42-24-28(32(39)40)34-30(37)20-10-6-4-2)31(38)35(21-25-15-11-7-12-16-25)22-26-17-13-8-14-18-26/h7-8,11-18,27-28H,3-6,9-10,19-24H2,1-2H3,(H,33,36)(H,34,37)(H,39,40)/t27-,28-/m0/s1. The molecular weight excluding hydrogens is 571 g/mol. The smallest absolute Gasteiger partial charge is 0.327 e. The number of carbonyl (C=O) groups is 4. The van der Waals surface area contributed by atoms with Crippen molar-refractivity contribution in [1.82, 2.24) is 15.5 Å². The molecule has 10 heteroatoms. The van der Waals surface area contributed by atoms with E-state index in [2.05, 4.69) is 17.6 Å². The highest BCUT2D eigenvalue weighted by Crippen LogP contribution is 2.24. The average Bonchev–Trinajstić information content (AvgIpc) is 2.98. The summed E-state index contributed by atoms with van der Waals surface area (Å²) in [6.07, 6.45) is 5.94. The van der Waals surface area contributed by atoms with Crippen LogP contribution in [0.5, 0.6) is 0 Å². The van der Waals surface area contributed by atoms with Gasteiger partial charge in [-0.2, -0.15) is 0 Å². The minimum Gasteiger partial charge on any atom is -0.480 e. The lowest BCUT2D eigenvalue weighted by molar-refractivity contribution is -0.141. The summed E-state index contributed by atoms with van der Waals surface area (Å²) in [6.45, 7) is 4.89.